The van der Waals surface area contributed by atoms with Crippen LogP contribution in [0.5, 0.6) is 0 Å². The Labute approximate surface area is 124 Å². The van der Waals surface area contributed by atoms with Crippen molar-refractivity contribution in [2.24, 2.45) is 0 Å². The summed E-state index contributed by atoms with van der Waals surface area (Å²) in [4.78, 5) is 6.94. The lowest BCUT2D eigenvalue weighted by Gasteiger charge is -1.98. The van der Waals surface area contributed by atoms with Crippen LogP contribution in [0.1, 0.15) is 5.56 Å². The van der Waals surface area contributed by atoms with Gasteiger partial charge in [0.05, 0.1) is 0 Å². The van der Waals surface area contributed by atoms with E-state index in [9.17, 15) is 0 Å². The van der Waals surface area contributed by atoms with E-state index in [0.717, 1.165) is 16.3 Å². The maximum absolute atomic E-state index is 5.79. The van der Waals surface area contributed by atoms with Crippen molar-refractivity contribution in [2.45, 2.75) is 10.9 Å². The lowest BCUT2D eigenvalue weighted by atomic mass is 10.2. The molecule has 2 rings (SSSR count). The summed E-state index contributed by atoms with van der Waals surface area (Å²) >= 11 is 18.8. The normalized spacial score (nSPS) is 10.1. The largest absolute Gasteiger partial charge is 0.323 e. The average molecular weight is 330 g/mol. The SMILES string of the molecule is Cl.Clc1ccc(CSc2nc(Cl)c(Cl)[nH]2)cc1. The quantitative estimate of drug-likeness (QED) is 0.795. The molecule has 0 spiro atoms. The minimum Gasteiger partial charge on any atom is -0.323 e. The fourth-order valence-corrected chi connectivity index (χ4v) is 2.43. The minimum absolute atomic E-state index is 0. The molecule has 1 aromatic heterocycles. The van der Waals surface area contributed by atoms with Crippen LogP contribution in [0, 0.1) is 0 Å². The van der Waals surface area contributed by atoms with Gasteiger partial charge in [-0.2, -0.15) is 0 Å². The third-order valence-corrected chi connectivity index (χ3v) is 3.73. The van der Waals surface area contributed by atoms with Crippen molar-refractivity contribution < 1.29 is 0 Å². The number of imidazole rings is 1. The molecule has 0 saturated carbocycles. The molecule has 0 unspecified atom stereocenters. The van der Waals surface area contributed by atoms with Crippen LogP contribution in [-0.4, -0.2) is 9.97 Å². The first kappa shape index (κ1) is 15.0. The highest BCUT2D eigenvalue weighted by atomic mass is 35.5. The van der Waals surface area contributed by atoms with Gasteiger partial charge in [0.1, 0.15) is 5.15 Å². The van der Waals surface area contributed by atoms with Gasteiger partial charge in [0.15, 0.2) is 10.3 Å². The van der Waals surface area contributed by atoms with Crippen molar-refractivity contribution >= 4 is 59.0 Å². The lowest BCUT2D eigenvalue weighted by Crippen LogP contribution is -1.81. The highest BCUT2D eigenvalue weighted by molar-refractivity contribution is 7.98. The van der Waals surface area contributed by atoms with Crippen LogP contribution in [-0.2, 0) is 5.75 Å². The lowest BCUT2D eigenvalue weighted by molar-refractivity contribution is 1.06. The summed E-state index contributed by atoms with van der Waals surface area (Å²) in [6.07, 6.45) is 0. The van der Waals surface area contributed by atoms with Crippen molar-refractivity contribution in [3.8, 4) is 0 Å². The fraction of sp³-hybridized carbons (Fsp3) is 0.100. The molecule has 1 N–H and O–H groups in total. The molecule has 0 amide bonds. The number of hydrogen-bond acceptors (Lipinski definition) is 2. The van der Waals surface area contributed by atoms with Crippen LogP contribution in [0.15, 0.2) is 29.4 Å². The zero-order valence-electron chi connectivity index (χ0n) is 8.41. The second-order valence-corrected chi connectivity index (χ2v) is 5.20. The Hall–Kier alpha value is -0.0600. The first-order valence-electron chi connectivity index (χ1n) is 4.43. The number of H-pyrrole nitrogens is 1. The van der Waals surface area contributed by atoms with E-state index in [2.05, 4.69) is 9.97 Å². The van der Waals surface area contributed by atoms with E-state index in [1.54, 1.807) is 0 Å². The molecule has 0 aliphatic heterocycles. The van der Waals surface area contributed by atoms with Crippen LogP contribution in [0.4, 0.5) is 0 Å². The number of aromatic amines is 1. The summed E-state index contributed by atoms with van der Waals surface area (Å²) in [7, 11) is 0. The zero-order chi connectivity index (χ0) is 11.5. The van der Waals surface area contributed by atoms with E-state index in [0.29, 0.717) is 15.5 Å². The van der Waals surface area contributed by atoms with Gasteiger partial charge in [-0.1, -0.05) is 58.7 Å². The molecule has 1 heterocycles. The molecule has 0 aliphatic rings. The number of rotatable bonds is 3. The summed E-state index contributed by atoms with van der Waals surface area (Å²) < 4.78 is 0. The maximum Gasteiger partial charge on any atom is 0.168 e. The van der Waals surface area contributed by atoms with Crippen LogP contribution in [0.3, 0.4) is 0 Å². The Bertz CT molecular complexity index is 464. The van der Waals surface area contributed by atoms with Gasteiger partial charge in [-0.3, -0.25) is 0 Å². The second-order valence-electron chi connectivity index (χ2n) is 3.06. The number of hydrogen-bond donors (Lipinski definition) is 1. The van der Waals surface area contributed by atoms with Crippen molar-refractivity contribution in [1.82, 2.24) is 9.97 Å². The molecule has 7 heteroatoms. The topological polar surface area (TPSA) is 28.7 Å². The van der Waals surface area contributed by atoms with Crippen LogP contribution in [0.2, 0.25) is 15.3 Å². The van der Waals surface area contributed by atoms with E-state index >= 15 is 0 Å². The highest BCUT2D eigenvalue weighted by Gasteiger charge is 2.06. The van der Waals surface area contributed by atoms with Gasteiger partial charge in [0.25, 0.3) is 0 Å². The van der Waals surface area contributed by atoms with Gasteiger partial charge in [-0.25, -0.2) is 4.98 Å². The summed E-state index contributed by atoms with van der Waals surface area (Å²) in [5.74, 6) is 0.789. The number of thioether (sulfide) groups is 1. The molecule has 0 saturated heterocycles. The average Bonchev–Trinajstić information content (AvgIpc) is 2.58. The molecule has 0 bridgehead atoms. The number of aromatic nitrogens is 2. The van der Waals surface area contributed by atoms with Crippen molar-refractivity contribution in [1.29, 1.82) is 0 Å². The fourth-order valence-electron chi connectivity index (χ4n) is 1.11. The molecular weight excluding hydrogens is 322 g/mol. The molecule has 17 heavy (non-hydrogen) atoms. The van der Waals surface area contributed by atoms with Crippen molar-refractivity contribution in [2.75, 3.05) is 0 Å². The predicted octanol–water partition coefficient (Wildman–Crippen LogP) is 5.08. The van der Waals surface area contributed by atoms with Gasteiger partial charge in [-0.05, 0) is 17.7 Å². The molecule has 1 aromatic carbocycles. The third kappa shape index (κ3) is 4.27. The summed E-state index contributed by atoms with van der Waals surface area (Å²) in [5, 5.41) is 2.13. The standard InChI is InChI=1S/C10H7Cl3N2S.ClH/c11-7-3-1-6(2-4-7)5-16-10-14-8(12)9(13)15-10;/h1-4H,5H2,(H,14,15);1H. The van der Waals surface area contributed by atoms with Crippen LogP contribution >= 0.6 is 59.0 Å². The molecular formula is C10H8Cl4N2S. The molecule has 0 atom stereocenters. The smallest absolute Gasteiger partial charge is 0.168 e. The van der Waals surface area contributed by atoms with Crippen LogP contribution in [0.25, 0.3) is 0 Å². The minimum atomic E-state index is 0. The first-order valence-corrected chi connectivity index (χ1v) is 6.55. The van der Waals surface area contributed by atoms with Crippen molar-refractivity contribution in [3.05, 3.63) is 45.2 Å². The zero-order valence-corrected chi connectivity index (χ0v) is 12.3. The molecule has 2 nitrogen and oxygen atoms in total. The van der Waals surface area contributed by atoms with Gasteiger partial charge in [0, 0.05) is 10.8 Å². The monoisotopic (exact) mass is 328 g/mol. The van der Waals surface area contributed by atoms with E-state index in [-0.39, 0.29) is 12.4 Å². The molecule has 0 fully saturated rings. The maximum atomic E-state index is 5.79. The Balaban J connectivity index is 0.00000144. The van der Waals surface area contributed by atoms with Gasteiger partial charge < -0.3 is 4.98 Å². The molecule has 92 valence electrons. The Kier molecular flexibility index (Phi) is 5.97. The first-order chi connectivity index (χ1) is 7.65. The summed E-state index contributed by atoms with van der Waals surface area (Å²) in [6, 6.07) is 7.67. The van der Waals surface area contributed by atoms with Crippen LogP contribution < -0.4 is 0 Å². The van der Waals surface area contributed by atoms with E-state index in [4.69, 9.17) is 34.8 Å². The van der Waals surface area contributed by atoms with Gasteiger partial charge >= 0.3 is 0 Å². The number of nitrogens with zero attached hydrogens (tertiary/aromatic N) is 1. The number of halogens is 4. The molecule has 0 radical (unpaired) electrons. The summed E-state index contributed by atoms with van der Waals surface area (Å²) in [5.41, 5.74) is 1.16. The third-order valence-electron chi connectivity index (χ3n) is 1.89. The van der Waals surface area contributed by atoms with Gasteiger partial charge in [0.2, 0.25) is 0 Å². The van der Waals surface area contributed by atoms with Crippen molar-refractivity contribution in [3.63, 3.8) is 0 Å². The Morgan fingerprint density at radius 3 is 2.29 bits per heavy atom. The number of benzene rings is 1. The van der Waals surface area contributed by atoms with E-state index in [1.807, 2.05) is 24.3 Å². The molecule has 0 aliphatic carbocycles. The highest BCUT2D eigenvalue weighted by Crippen LogP contribution is 2.26. The Morgan fingerprint density at radius 1 is 1.12 bits per heavy atom. The summed E-state index contributed by atoms with van der Waals surface area (Å²) in [6.45, 7) is 0. The number of nitrogens with one attached hydrogen (secondary N) is 1. The second kappa shape index (κ2) is 6.76. The van der Waals surface area contributed by atoms with Gasteiger partial charge in [-0.15, -0.1) is 12.4 Å². The van der Waals surface area contributed by atoms with E-state index in [1.165, 1.54) is 11.8 Å². The molecule has 2 aromatic rings. The Morgan fingerprint density at radius 2 is 1.76 bits per heavy atom. The van der Waals surface area contributed by atoms with E-state index < -0.39 is 0 Å². The predicted molar refractivity (Wildman–Crippen MR) is 76.9 cm³/mol.